The van der Waals surface area contributed by atoms with Crippen molar-refractivity contribution in [2.24, 2.45) is 0 Å². The number of hydrogen-bond donors (Lipinski definition) is 3. The molecule has 17 heavy (non-hydrogen) atoms. The summed E-state index contributed by atoms with van der Waals surface area (Å²) in [5.74, 6) is 0.681. The highest BCUT2D eigenvalue weighted by atomic mass is 16.5. The molecular weight excluding hydrogens is 214 g/mol. The first kappa shape index (κ1) is 11.1. The molecule has 0 aromatic heterocycles. The van der Waals surface area contributed by atoms with Gasteiger partial charge in [-0.15, -0.1) is 0 Å². The van der Waals surface area contributed by atoms with Gasteiger partial charge in [-0.2, -0.15) is 0 Å². The van der Waals surface area contributed by atoms with Gasteiger partial charge in [-0.05, 0) is 24.3 Å². The second-order valence-corrected chi connectivity index (χ2v) is 3.72. The Bertz CT molecular complexity index is 485. The van der Waals surface area contributed by atoms with E-state index in [-0.39, 0.29) is 6.23 Å². The number of rotatable bonds is 3. The van der Waals surface area contributed by atoms with Gasteiger partial charge in [0.1, 0.15) is 5.76 Å². The van der Waals surface area contributed by atoms with Gasteiger partial charge in [0.15, 0.2) is 6.23 Å². The highest BCUT2D eigenvalue weighted by Crippen LogP contribution is 2.30. The monoisotopic (exact) mass is 229 g/mol. The van der Waals surface area contributed by atoms with Crippen LogP contribution in [0.1, 0.15) is 11.8 Å². The fourth-order valence-electron chi connectivity index (χ4n) is 1.66. The van der Waals surface area contributed by atoms with Crippen molar-refractivity contribution in [1.29, 1.82) is 0 Å². The van der Waals surface area contributed by atoms with E-state index in [2.05, 4.69) is 18.5 Å². The number of ether oxygens (including phenoxy) is 1. The Morgan fingerprint density at radius 2 is 1.94 bits per heavy atom. The van der Waals surface area contributed by atoms with Crippen LogP contribution in [0.3, 0.4) is 0 Å². The van der Waals surface area contributed by atoms with Crippen LogP contribution in [0.5, 0.6) is 0 Å². The molecule has 1 aromatic rings. The molecule has 4 heteroatoms. The van der Waals surface area contributed by atoms with Crippen molar-refractivity contribution in [3.8, 4) is 0 Å². The number of nitrogens with one attached hydrogen (secondary N) is 1. The summed E-state index contributed by atoms with van der Waals surface area (Å²) in [4.78, 5) is 0. The summed E-state index contributed by atoms with van der Waals surface area (Å²) in [7, 11) is 0. The molecule has 0 bridgehead atoms. The van der Waals surface area contributed by atoms with E-state index in [0.29, 0.717) is 17.1 Å². The number of nitrogen functional groups attached to an aromatic ring is 2. The normalized spacial score (nSPS) is 18.5. The van der Waals surface area contributed by atoms with Crippen LogP contribution in [0.4, 0.5) is 11.4 Å². The first-order valence-corrected chi connectivity index (χ1v) is 5.23. The van der Waals surface area contributed by atoms with Crippen LogP contribution in [0.2, 0.25) is 0 Å². The van der Waals surface area contributed by atoms with Crippen molar-refractivity contribution in [1.82, 2.24) is 5.32 Å². The lowest BCUT2D eigenvalue weighted by atomic mass is 10.1. The van der Waals surface area contributed by atoms with Crippen LogP contribution >= 0.6 is 0 Å². The molecule has 5 N–H and O–H groups in total. The van der Waals surface area contributed by atoms with Gasteiger partial charge >= 0.3 is 0 Å². The van der Waals surface area contributed by atoms with E-state index in [9.17, 15) is 0 Å². The third kappa shape index (κ3) is 1.97. The van der Waals surface area contributed by atoms with Crippen molar-refractivity contribution in [2.45, 2.75) is 6.23 Å². The van der Waals surface area contributed by atoms with Gasteiger partial charge in [0.2, 0.25) is 0 Å². The molecule has 0 spiro atoms. The molecule has 1 heterocycles. The Labute approximate surface area is 100 Å². The van der Waals surface area contributed by atoms with Gasteiger partial charge in [-0.1, -0.05) is 19.2 Å². The summed E-state index contributed by atoms with van der Waals surface area (Å²) in [5, 5.41) is 3.18. The first-order valence-electron chi connectivity index (χ1n) is 5.23. The van der Waals surface area contributed by atoms with E-state index < -0.39 is 0 Å². The van der Waals surface area contributed by atoms with Crippen LogP contribution in [-0.2, 0) is 4.74 Å². The molecule has 1 unspecified atom stereocenters. The molecule has 1 aromatic carbocycles. The molecule has 88 valence electrons. The molecule has 4 nitrogen and oxygen atoms in total. The quantitative estimate of drug-likeness (QED) is 0.693. The molecule has 1 atom stereocenters. The summed E-state index contributed by atoms with van der Waals surface area (Å²) in [6, 6.07) is 5.42. The Morgan fingerprint density at radius 3 is 2.47 bits per heavy atom. The highest BCUT2D eigenvalue weighted by molar-refractivity contribution is 5.64. The third-order valence-electron chi connectivity index (χ3n) is 2.60. The maximum Gasteiger partial charge on any atom is 0.196 e. The lowest BCUT2D eigenvalue weighted by Gasteiger charge is -2.14. The van der Waals surface area contributed by atoms with Gasteiger partial charge in [0, 0.05) is 5.56 Å². The van der Waals surface area contributed by atoms with Crippen molar-refractivity contribution in [3.05, 3.63) is 60.5 Å². The zero-order valence-corrected chi connectivity index (χ0v) is 9.44. The van der Waals surface area contributed by atoms with Crippen LogP contribution < -0.4 is 16.8 Å². The summed E-state index contributed by atoms with van der Waals surface area (Å²) in [5.41, 5.74) is 14.3. The van der Waals surface area contributed by atoms with Gasteiger partial charge in [0.25, 0.3) is 0 Å². The van der Waals surface area contributed by atoms with Gasteiger partial charge in [0.05, 0.1) is 17.1 Å². The molecule has 0 saturated heterocycles. The largest absolute Gasteiger partial charge is 0.464 e. The predicted octanol–water partition coefficient (Wildman–Crippen LogP) is 2.05. The SMILES string of the molecule is C=CC1=C(C=C)OC(c2ccc(N)c(N)c2)N1. The van der Waals surface area contributed by atoms with E-state index in [1.54, 1.807) is 24.3 Å². The van der Waals surface area contributed by atoms with Crippen LogP contribution in [0, 0.1) is 0 Å². The van der Waals surface area contributed by atoms with E-state index >= 15 is 0 Å². The van der Waals surface area contributed by atoms with Crippen molar-refractivity contribution < 1.29 is 4.74 Å². The minimum atomic E-state index is -0.279. The Kier molecular flexibility index (Phi) is 2.78. The average Bonchev–Trinajstić information content (AvgIpc) is 2.75. The van der Waals surface area contributed by atoms with Gasteiger partial charge in [-0.25, -0.2) is 0 Å². The van der Waals surface area contributed by atoms with Crippen molar-refractivity contribution >= 4 is 11.4 Å². The van der Waals surface area contributed by atoms with E-state index in [1.165, 1.54) is 0 Å². The predicted molar refractivity (Wildman–Crippen MR) is 69.6 cm³/mol. The number of allylic oxidation sites excluding steroid dienone is 2. The second kappa shape index (κ2) is 4.25. The number of benzene rings is 1. The topological polar surface area (TPSA) is 73.3 Å². The fraction of sp³-hybridized carbons (Fsp3) is 0.0769. The molecule has 1 aliphatic rings. The maximum absolute atomic E-state index is 5.76. The summed E-state index contributed by atoms with van der Waals surface area (Å²) in [6.45, 7) is 7.39. The lowest BCUT2D eigenvalue weighted by Crippen LogP contribution is -2.15. The summed E-state index contributed by atoms with van der Waals surface area (Å²) >= 11 is 0. The standard InChI is InChI=1S/C13H15N3O/c1-3-11-12(4-2)17-13(16-11)8-5-6-9(14)10(15)7-8/h3-7,13,16H,1-2,14-15H2. The highest BCUT2D eigenvalue weighted by Gasteiger charge is 2.23. The summed E-state index contributed by atoms with van der Waals surface area (Å²) < 4.78 is 5.68. The molecule has 2 rings (SSSR count). The Hall–Kier alpha value is -2.36. The average molecular weight is 229 g/mol. The molecule has 1 aliphatic heterocycles. The van der Waals surface area contributed by atoms with Gasteiger partial charge < -0.3 is 21.5 Å². The zero-order valence-electron chi connectivity index (χ0n) is 9.44. The summed E-state index contributed by atoms with van der Waals surface area (Å²) in [6.07, 6.45) is 3.06. The molecule has 0 fully saturated rings. The zero-order chi connectivity index (χ0) is 12.4. The first-order chi connectivity index (χ1) is 8.15. The van der Waals surface area contributed by atoms with Crippen molar-refractivity contribution in [3.63, 3.8) is 0 Å². The second-order valence-electron chi connectivity index (χ2n) is 3.72. The fourth-order valence-corrected chi connectivity index (χ4v) is 1.66. The van der Waals surface area contributed by atoms with Gasteiger partial charge in [-0.3, -0.25) is 0 Å². The Balaban J connectivity index is 2.25. The van der Waals surface area contributed by atoms with Crippen LogP contribution in [0.25, 0.3) is 0 Å². The van der Waals surface area contributed by atoms with Crippen LogP contribution in [-0.4, -0.2) is 0 Å². The third-order valence-corrected chi connectivity index (χ3v) is 2.60. The molecule has 0 radical (unpaired) electrons. The lowest BCUT2D eigenvalue weighted by molar-refractivity contribution is 0.137. The Morgan fingerprint density at radius 1 is 1.18 bits per heavy atom. The minimum Gasteiger partial charge on any atom is -0.464 e. The van der Waals surface area contributed by atoms with Crippen LogP contribution in [0.15, 0.2) is 55.0 Å². The van der Waals surface area contributed by atoms with Crippen molar-refractivity contribution in [2.75, 3.05) is 11.5 Å². The molecule has 0 saturated carbocycles. The maximum atomic E-state index is 5.76. The smallest absolute Gasteiger partial charge is 0.196 e. The number of anilines is 2. The number of nitrogens with two attached hydrogens (primary N) is 2. The molecule has 0 amide bonds. The van der Waals surface area contributed by atoms with E-state index in [4.69, 9.17) is 16.2 Å². The van der Waals surface area contributed by atoms with E-state index in [0.717, 1.165) is 11.3 Å². The van der Waals surface area contributed by atoms with E-state index in [1.807, 2.05) is 6.07 Å². The molecule has 0 aliphatic carbocycles. The minimum absolute atomic E-state index is 0.279. The molecular formula is C13H15N3O. The number of hydrogen-bond acceptors (Lipinski definition) is 4.